The summed E-state index contributed by atoms with van der Waals surface area (Å²) in [5, 5.41) is 6.85. The number of nitrogens with one attached hydrogen (secondary N) is 1. The van der Waals surface area contributed by atoms with Crippen LogP contribution in [0.5, 0.6) is 0 Å². The molecule has 2 aromatic heterocycles. The monoisotopic (exact) mass is 204 g/mol. The van der Waals surface area contributed by atoms with Gasteiger partial charge in [0.2, 0.25) is 0 Å². The minimum Gasteiger partial charge on any atom is -0.369 e. The third-order valence-corrected chi connectivity index (χ3v) is 3.56. The average molecular weight is 204 g/mol. The van der Waals surface area contributed by atoms with Crippen molar-refractivity contribution in [1.82, 2.24) is 4.98 Å². The molecule has 0 aromatic carbocycles. The molecule has 1 N–H and O–H groups in total. The van der Waals surface area contributed by atoms with Crippen LogP contribution in [0.3, 0.4) is 0 Å². The minimum absolute atomic E-state index is 0.895. The number of aromatic nitrogens is 1. The standard InChI is InChI=1S/C11H12N2S/c1-2-8(1)7-13-11-10-9(3-5-12-11)4-6-14-10/h3-6,8H,1-2,7H2,(H,12,13). The van der Waals surface area contributed by atoms with Crippen molar-refractivity contribution in [2.24, 2.45) is 5.92 Å². The fourth-order valence-corrected chi connectivity index (χ4v) is 2.44. The fourth-order valence-electron chi connectivity index (χ4n) is 1.58. The second-order valence-electron chi connectivity index (χ2n) is 3.82. The van der Waals surface area contributed by atoms with Crippen molar-refractivity contribution in [2.45, 2.75) is 12.8 Å². The quantitative estimate of drug-likeness (QED) is 0.831. The highest BCUT2D eigenvalue weighted by molar-refractivity contribution is 7.17. The van der Waals surface area contributed by atoms with Crippen LogP contribution in [0.25, 0.3) is 10.1 Å². The molecule has 0 spiro atoms. The number of hydrogen-bond acceptors (Lipinski definition) is 3. The van der Waals surface area contributed by atoms with Gasteiger partial charge in [0.1, 0.15) is 5.82 Å². The Morgan fingerprint density at radius 3 is 3.21 bits per heavy atom. The highest BCUT2D eigenvalue weighted by Gasteiger charge is 2.21. The molecule has 72 valence electrons. The lowest BCUT2D eigenvalue weighted by Crippen LogP contribution is -2.04. The van der Waals surface area contributed by atoms with Gasteiger partial charge in [0, 0.05) is 12.7 Å². The van der Waals surface area contributed by atoms with Crippen LogP contribution < -0.4 is 5.32 Å². The summed E-state index contributed by atoms with van der Waals surface area (Å²) in [6.45, 7) is 1.09. The number of hydrogen-bond donors (Lipinski definition) is 1. The zero-order chi connectivity index (χ0) is 9.38. The number of pyridine rings is 1. The summed E-state index contributed by atoms with van der Waals surface area (Å²) in [7, 11) is 0. The Kier molecular flexibility index (Phi) is 1.91. The van der Waals surface area contributed by atoms with E-state index in [1.165, 1.54) is 22.9 Å². The minimum atomic E-state index is 0.895. The first kappa shape index (κ1) is 8.24. The second-order valence-corrected chi connectivity index (χ2v) is 4.74. The largest absolute Gasteiger partial charge is 0.369 e. The summed E-state index contributed by atoms with van der Waals surface area (Å²) < 4.78 is 1.29. The summed E-state index contributed by atoms with van der Waals surface area (Å²) in [5.74, 6) is 1.96. The van der Waals surface area contributed by atoms with Gasteiger partial charge in [-0.05, 0) is 41.7 Å². The molecule has 1 saturated carbocycles. The highest BCUT2D eigenvalue weighted by Crippen LogP contribution is 2.31. The van der Waals surface area contributed by atoms with Gasteiger partial charge in [-0.3, -0.25) is 0 Å². The van der Waals surface area contributed by atoms with E-state index >= 15 is 0 Å². The van der Waals surface area contributed by atoms with Crippen molar-refractivity contribution in [3.05, 3.63) is 23.7 Å². The molecule has 1 aliphatic carbocycles. The van der Waals surface area contributed by atoms with Crippen LogP contribution in [0.2, 0.25) is 0 Å². The van der Waals surface area contributed by atoms with Gasteiger partial charge in [0.05, 0.1) is 4.70 Å². The maximum atomic E-state index is 4.38. The number of fused-ring (bicyclic) bond motifs is 1. The lowest BCUT2D eigenvalue weighted by atomic mass is 10.3. The van der Waals surface area contributed by atoms with Gasteiger partial charge in [-0.2, -0.15) is 0 Å². The van der Waals surface area contributed by atoms with E-state index in [1.807, 2.05) is 6.20 Å². The Balaban J connectivity index is 1.89. The maximum absolute atomic E-state index is 4.38. The molecule has 0 atom stereocenters. The molecule has 2 heterocycles. The van der Waals surface area contributed by atoms with Crippen molar-refractivity contribution in [2.75, 3.05) is 11.9 Å². The number of rotatable bonds is 3. The van der Waals surface area contributed by atoms with Gasteiger partial charge in [-0.1, -0.05) is 0 Å². The normalized spacial score (nSPS) is 16.0. The van der Waals surface area contributed by atoms with Crippen LogP contribution in [-0.4, -0.2) is 11.5 Å². The van der Waals surface area contributed by atoms with E-state index in [9.17, 15) is 0 Å². The Bertz CT molecular complexity index is 445. The molecule has 2 nitrogen and oxygen atoms in total. The third-order valence-electron chi connectivity index (χ3n) is 2.62. The van der Waals surface area contributed by atoms with Crippen molar-refractivity contribution in [1.29, 1.82) is 0 Å². The predicted molar refractivity (Wildman–Crippen MR) is 60.8 cm³/mol. The second kappa shape index (κ2) is 3.24. The van der Waals surface area contributed by atoms with E-state index < -0.39 is 0 Å². The first-order valence-corrected chi connectivity index (χ1v) is 5.87. The molecule has 0 saturated heterocycles. The molecule has 0 bridgehead atoms. The Morgan fingerprint density at radius 2 is 2.36 bits per heavy atom. The SMILES string of the molecule is c1cc2ccsc2c(NCC2CC2)n1. The summed E-state index contributed by atoms with van der Waals surface area (Å²) in [4.78, 5) is 4.38. The smallest absolute Gasteiger partial charge is 0.143 e. The van der Waals surface area contributed by atoms with Crippen LogP contribution in [0.15, 0.2) is 23.7 Å². The summed E-state index contributed by atoms with van der Waals surface area (Å²) in [6.07, 6.45) is 4.64. The number of nitrogens with zero attached hydrogens (tertiary/aromatic N) is 1. The summed E-state index contributed by atoms with van der Waals surface area (Å²) >= 11 is 1.76. The molecule has 0 amide bonds. The average Bonchev–Trinajstić information content (AvgIpc) is 2.91. The summed E-state index contributed by atoms with van der Waals surface area (Å²) in [5.41, 5.74) is 0. The molecule has 3 rings (SSSR count). The van der Waals surface area contributed by atoms with E-state index in [0.29, 0.717) is 0 Å². The lowest BCUT2D eigenvalue weighted by molar-refractivity contribution is 0.885. The van der Waals surface area contributed by atoms with Crippen LogP contribution in [0, 0.1) is 5.92 Å². The van der Waals surface area contributed by atoms with Crippen LogP contribution in [0.4, 0.5) is 5.82 Å². The lowest BCUT2D eigenvalue weighted by Gasteiger charge is -2.04. The molecule has 1 fully saturated rings. The molecule has 0 unspecified atom stereocenters. The molecule has 3 heteroatoms. The van der Waals surface area contributed by atoms with Gasteiger partial charge in [-0.15, -0.1) is 11.3 Å². The Morgan fingerprint density at radius 1 is 1.43 bits per heavy atom. The maximum Gasteiger partial charge on any atom is 0.143 e. The van der Waals surface area contributed by atoms with Gasteiger partial charge in [0.25, 0.3) is 0 Å². The van der Waals surface area contributed by atoms with Gasteiger partial charge < -0.3 is 5.32 Å². The first-order valence-electron chi connectivity index (χ1n) is 4.99. The fraction of sp³-hybridized carbons (Fsp3) is 0.364. The number of thiophene rings is 1. The zero-order valence-corrected chi connectivity index (χ0v) is 8.68. The molecular formula is C11H12N2S. The first-order chi connectivity index (χ1) is 6.93. The van der Waals surface area contributed by atoms with Crippen molar-refractivity contribution >= 4 is 27.2 Å². The van der Waals surface area contributed by atoms with E-state index in [1.54, 1.807) is 11.3 Å². The molecular weight excluding hydrogens is 192 g/mol. The molecule has 2 aromatic rings. The Labute approximate surface area is 87.0 Å². The van der Waals surface area contributed by atoms with E-state index in [-0.39, 0.29) is 0 Å². The van der Waals surface area contributed by atoms with Crippen LogP contribution >= 0.6 is 11.3 Å². The molecule has 0 radical (unpaired) electrons. The van der Waals surface area contributed by atoms with Crippen molar-refractivity contribution < 1.29 is 0 Å². The van der Waals surface area contributed by atoms with Crippen LogP contribution in [0.1, 0.15) is 12.8 Å². The zero-order valence-electron chi connectivity index (χ0n) is 7.86. The van der Waals surface area contributed by atoms with Gasteiger partial charge in [-0.25, -0.2) is 4.98 Å². The predicted octanol–water partition coefficient (Wildman–Crippen LogP) is 3.12. The highest BCUT2D eigenvalue weighted by atomic mass is 32.1. The van der Waals surface area contributed by atoms with E-state index in [4.69, 9.17) is 0 Å². The third kappa shape index (κ3) is 1.48. The molecule has 0 aliphatic heterocycles. The molecule has 1 aliphatic rings. The summed E-state index contributed by atoms with van der Waals surface area (Å²) in [6, 6.07) is 4.21. The van der Waals surface area contributed by atoms with Gasteiger partial charge in [0.15, 0.2) is 0 Å². The molecule has 14 heavy (non-hydrogen) atoms. The van der Waals surface area contributed by atoms with Crippen molar-refractivity contribution in [3.8, 4) is 0 Å². The van der Waals surface area contributed by atoms with E-state index in [0.717, 1.165) is 18.3 Å². The van der Waals surface area contributed by atoms with Crippen LogP contribution in [-0.2, 0) is 0 Å². The number of anilines is 1. The Hall–Kier alpha value is -1.09. The topological polar surface area (TPSA) is 24.9 Å². The van der Waals surface area contributed by atoms with E-state index in [2.05, 4.69) is 27.8 Å². The van der Waals surface area contributed by atoms with Gasteiger partial charge >= 0.3 is 0 Å². The van der Waals surface area contributed by atoms with Crippen molar-refractivity contribution in [3.63, 3.8) is 0 Å².